The number of methoxy groups -OCH3 is 3. The Morgan fingerprint density at radius 3 is 2.28 bits per heavy atom. The van der Waals surface area contributed by atoms with Crippen molar-refractivity contribution in [1.82, 2.24) is 4.90 Å². The molecule has 0 bridgehead atoms. The molecule has 2 aromatic rings. The van der Waals surface area contributed by atoms with Crippen LogP contribution < -0.4 is 23.7 Å². The van der Waals surface area contributed by atoms with Gasteiger partial charge in [0.05, 0.1) is 33.4 Å². The van der Waals surface area contributed by atoms with E-state index in [1.54, 1.807) is 26.2 Å². The zero-order chi connectivity index (χ0) is 20.1. The number of hydrogen-bond acceptors (Lipinski definition) is 7. The molecule has 0 spiro atoms. The Hall–Kier alpha value is -3.29. The molecule has 3 aliphatic rings. The van der Waals surface area contributed by atoms with Gasteiger partial charge in [-0.2, -0.15) is 0 Å². The molecule has 3 aliphatic heterocycles. The van der Waals surface area contributed by atoms with Crippen LogP contribution in [0, 0.1) is 0 Å². The fraction of sp³-hybridized carbons (Fsp3) is 0.381. The van der Waals surface area contributed by atoms with Gasteiger partial charge >= 0.3 is 6.09 Å². The molecule has 1 saturated heterocycles. The van der Waals surface area contributed by atoms with E-state index in [1.165, 1.54) is 0 Å². The number of carbonyl (C=O) groups excluding carboxylic acids is 1. The molecule has 1 amide bonds. The number of amides is 1. The van der Waals surface area contributed by atoms with Crippen LogP contribution in [0.3, 0.4) is 0 Å². The van der Waals surface area contributed by atoms with E-state index in [2.05, 4.69) is 0 Å². The van der Waals surface area contributed by atoms with Crippen LogP contribution in [0.2, 0.25) is 0 Å². The predicted octanol–water partition coefficient (Wildman–Crippen LogP) is 2.91. The molecule has 0 N–H and O–H groups in total. The van der Waals surface area contributed by atoms with E-state index in [0.717, 1.165) is 22.4 Å². The van der Waals surface area contributed by atoms with Gasteiger partial charge in [0.1, 0.15) is 6.61 Å². The standard InChI is InChI=1S/C21H21NO7/c1-24-17-6-12(7-18(25-2)20(17)26-3)19-14-8-16-15(28-10-29-16)5-11(14)4-13-9-27-21(23)22(13)19/h5-8,13,19H,4,9-10H2,1-3H3. The summed E-state index contributed by atoms with van der Waals surface area (Å²) in [7, 11) is 4.70. The third-order valence-corrected chi connectivity index (χ3v) is 5.67. The summed E-state index contributed by atoms with van der Waals surface area (Å²) in [4.78, 5) is 14.4. The maximum absolute atomic E-state index is 12.6. The summed E-state index contributed by atoms with van der Waals surface area (Å²) >= 11 is 0. The second-order valence-corrected chi connectivity index (χ2v) is 7.11. The fourth-order valence-corrected chi connectivity index (χ4v) is 4.38. The summed E-state index contributed by atoms with van der Waals surface area (Å²) in [6.07, 6.45) is 0.357. The van der Waals surface area contributed by atoms with Gasteiger partial charge in [0.2, 0.25) is 12.5 Å². The number of cyclic esters (lactones) is 1. The van der Waals surface area contributed by atoms with E-state index in [9.17, 15) is 4.79 Å². The minimum atomic E-state index is -0.373. The molecular formula is C21H21NO7. The molecule has 29 heavy (non-hydrogen) atoms. The Balaban J connectivity index is 1.71. The molecule has 8 nitrogen and oxygen atoms in total. The van der Waals surface area contributed by atoms with Crippen molar-refractivity contribution in [1.29, 1.82) is 0 Å². The zero-order valence-corrected chi connectivity index (χ0v) is 16.4. The van der Waals surface area contributed by atoms with E-state index >= 15 is 0 Å². The first kappa shape index (κ1) is 17.8. The molecule has 2 aromatic carbocycles. The van der Waals surface area contributed by atoms with Crippen molar-refractivity contribution in [3.05, 3.63) is 41.0 Å². The van der Waals surface area contributed by atoms with E-state index in [-0.39, 0.29) is 25.0 Å². The second-order valence-electron chi connectivity index (χ2n) is 7.11. The Kier molecular flexibility index (Phi) is 4.08. The van der Waals surface area contributed by atoms with E-state index < -0.39 is 0 Å². The smallest absolute Gasteiger partial charge is 0.411 e. The van der Waals surface area contributed by atoms with Crippen LogP contribution in [0.1, 0.15) is 22.7 Å². The van der Waals surface area contributed by atoms with Crippen LogP contribution in [-0.4, -0.2) is 51.8 Å². The largest absolute Gasteiger partial charge is 0.493 e. The highest BCUT2D eigenvalue weighted by molar-refractivity contribution is 5.73. The van der Waals surface area contributed by atoms with Crippen molar-refractivity contribution >= 4 is 6.09 Å². The number of carbonyl (C=O) groups is 1. The summed E-state index contributed by atoms with van der Waals surface area (Å²) in [5.41, 5.74) is 2.91. The molecule has 0 aromatic heterocycles. The third-order valence-electron chi connectivity index (χ3n) is 5.67. The summed E-state index contributed by atoms with van der Waals surface area (Å²) in [6, 6.07) is 7.26. The minimum Gasteiger partial charge on any atom is -0.493 e. The van der Waals surface area contributed by atoms with Crippen LogP contribution in [0.15, 0.2) is 24.3 Å². The van der Waals surface area contributed by atoms with E-state index in [1.807, 2.05) is 24.3 Å². The molecule has 0 aliphatic carbocycles. The van der Waals surface area contributed by atoms with Crippen molar-refractivity contribution in [2.24, 2.45) is 0 Å². The van der Waals surface area contributed by atoms with Crippen molar-refractivity contribution in [2.75, 3.05) is 34.7 Å². The lowest BCUT2D eigenvalue weighted by Crippen LogP contribution is -2.42. The van der Waals surface area contributed by atoms with Gasteiger partial charge in [0.15, 0.2) is 23.0 Å². The Morgan fingerprint density at radius 2 is 1.62 bits per heavy atom. The monoisotopic (exact) mass is 399 g/mol. The van der Waals surface area contributed by atoms with Gasteiger partial charge in [0.25, 0.3) is 0 Å². The average Bonchev–Trinajstić information content (AvgIpc) is 3.35. The first-order valence-electron chi connectivity index (χ1n) is 9.32. The van der Waals surface area contributed by atoms with E-state index in [0.29, 0.717) is 36.0 Å². The van der Waals surface area contributed by atoms with Crippen molar-refractivity contribution < 1.29 is 33.2 Å². The van der Waals surface area contributed by atoms with Gasteiger partial charge in [-0.3, -0.25) is 4.90 Å². The minimum absolute atomic E-state index is 0.0561. The quantitative estimate of drug-likeness (QED) is 0.782. The highest BCUT2D eigenvalue weighted by atomic mass is 16.7. The SMILES string of the molecule is COc1cc(C2c3cc4c(cc3CC3COC(=O)N32)OCO4)cc(OC)c1OC. The summed E-state index contributed by atoms with van der Waals surface area (Å²) < 4.78 is 33.0. The van der Waals surface area contributed by atoms with Crippen molar-refractivity contribution in [3.8, 4) is 28.7 Å². The van der Waals surface area contributed by atoms with Gasteiger partial charge in [-0.05, 0) is 47.4 Å². The molecule has 8 heteroatoms. The zero-order valence-electron chi connectivity index (χ0n) is 16.4. The predicted molar refractivity (Wildman–Crippen MR) is 101 cm³/mol. The van der Waals surface area contributed by atoms with Crippen LogP contribution in [0.5, 0.6) is 28.7 Å². The summed E-state index contributed by atoms with van der Waals surface area (Å²) in [5, 5.41) is 0. The van der Waals surface area contributed by atoms with Crippen LogP contribution >= 0.6 is 0 Å². The highest BCUT2D eigenvalue weighted by Crippen LogP contribution is 2.48. The number of ether oxygens (including phenoxy) is 6. The fourth-order valence-electron chi connectivity index (χ4n) is 4.38. The molecule has 152 valence electrons. The molecule has 2 unspecified atom stereocenters. The van der Waals surface area contributed by atoms with Crippen LogP contribution in [-0.2, 0) is 11.2 Å². The Bertz CT molecular complexity index is 964. The highest BCUT2D eigenvalue weighted by Gasteiger charge is 2.45. The van der Waals surface area contributed by atoms with Gasteiger partial charge in [-0.25, -0.2) is 4.79 Å². The number of benzene rings is 2. The van der Waals surface area contributed by atoms with Crippen molar-refractivity contribution in [2.45, 2.75) is 18.5 Å². The first-order chi connectivity index (χ1) is 14.1. The Morgan fingerprint density at radius 1 is 0.931 bits per heavy atom. The Labute approximate surface area is 167 Å². The van der Waals surface area contributed by atoms with Crippen LogP contribution in [0.4, 0.5) is 4.79 Å². The molecule has 5 rings (SSSR count). The normalized spacial score (nSPS) is 21.3. The molecule has 3 heterocycles. The lowest BCUT2D eigenvalue weighted by atomic mass is 9.85. The number of hydrogen-bond donors (Lipinski definition) is 0. The van der Waals surface area contributed by atoms with Crippen LogP contribution in [0.25, 0.3) is 0 Å². The van der Waals surface area contributed by atoms with Gasteiger partial charge in [-0.1, -0.05) is 0 Å². The number of fused-ring (bicyclic) bond motifs is 3. The first-order valence-corrected chi connectivity index (χ1v) is 9.32. The maximum Gasteiger partial charge on any atom is 0.411 e. The second kappa shape index (κ2) is 6.65. The van der Waals surface area contributed by atoms with Gasteiger partial charge in [-0.15, -0.1) is 0 Å². The lowest BCUT2D eigenvalue weighted by molar-refractivity contribution is 0.147. The molecule has 1 fully saturated rings. The lowest BCUT2D eigenvalue weighted by Gasteiger charge is -2.37. The molecule has 0 saturated carbocycles. The third kappa shape index (κ3) is 2.62. The number of nitrogens with zero attached hydrogens (tertiary/aromatic N) is 1. The summed E-state index contributed by atoms with van der Waals surface area (Å²) in [6.45, 7) is 0.551. The molecular weight excluding hydrogens is 378 g/mol. The maximum atomic E-state index is 12.6. The average molecular weight is 399 g/mol. The van der Waals surface area contributed by atoms with E-state index in [4.69, 9.17) is 28.4 Å². The van der Waals surface area contributed by atoms with Crippen molar-refractivity contribution in [3.63, 3.8) is 0 Å². The van der Waals surface area contributed by atoms with Gasteiger partial charge < -0.3 is 28.4 Å². The molecule has 0 radical (unpaired) electrons. The topological polar surface area (TPSA) is 75.7 Å². The van der Waals surface area contributed by atoms with Gasteiger partial charge in [0, 0.05) is 0 Å². The number of rotatable bonds is 4. The molecule has 2 atom stereocenters. The summed E-state index contributed by atoms with van der Waals surface area (Å²) in [5.74, 6) is 2.96.